The van der Waals surface area contributed by atoms with Gasteiger partial charge in [0.2, 0.25) is 5.91 Å². The molecule has 3 aromatic heterocycles. The van der Waals surface area contributed by atoms with Crippen LogP contribution in [-0.4, -0.2) is 51.0 Å². The Balaban J connectivity index is 1.83. The number of carbonyl (C=O) groups excluding carboxylic acids is 1. The molecule has 1 aliphatic heterocycles. The van der Waals surface area contributed by atoms with E-state index in [0.717, 1.165) is 5.56 Å². The number of carbonyl (C=O) groups is 1. The predicted molar refractivity (Wildman–Crippen MR) is 162 cm³/mol. The maximum atomic E-state index is 15.0. The van der Waals surface area contributed by atoms with E-state index in [4.69, 9.17) is 22.3 Å². The molecule has 212 valence electrons. The molecule has 1 amide bonds. The van der Waals surface area contributed by atoms with Crippen LogP contribution in [0.15, 0.2) is 59.9 Å². The quantitative estimate of drug-likeness (QED) is 0.317. The number of hydrogen-bond donors (Lipinski definition) is 1. The van der Waals surface area contributed by atoms with Gasteiger partial charge in [0.05, 0.1) is 27.8 Å². The number of nitrogens with two attached hydrogens (primary N) is 1. The van der Waals surface area contributed by atoms with Crippen LogP contribution in [0, 0.1) is 12.7 Å². The Kier molecular flexibility index (Phi) is 7.57. The van der Waals surface area contributed by atoms with Crippen molar-refractivity contribution in [1.82, 2.24) is 19.4 Å². The molecule has 0 aliphatic carbocycles. The fraction of sp³-hybridized carbons (Fsp3) is 0.290. The second kappa shape index (κ2) is 11.0. The van der Waals surface area contributed by atoms with Gasteiger partial charge < -0.3 is 15.5 Å². The van der Waals surface area contributed by atoms with Gasteiger partial charge in [-0.15, -0.1) is 0 Å². The highest BCUT2D eigenvalue weighted by Crippen LogP contribution is 2.37. The number of fused-ring (bicyclic) bond motifs is 1. The summed E-state index contributed by atoms with van der Waals surface area (Å²) in [5.74, 6) is -0.310. The van der Waals surface area contributed by atoms with Crippen molar-refractivity contribution in [2.75, 3.05) is 30.3 Å². The van der Waals surface area contributed by atoms with E-state index in [1.165, 1.54) is 16.7 Å². The summed E-state index contributed by atoms with van der Waals surface area (Å²) >= 11 is 6.78. The number of nitrogen functional groups attached to an aromatic ring is 1. The molecular weight excluding hydrogens is 543 g/mol. The molecule has 8 nitrogen and oxygen atoms in total. The number of anilines is 2. The molecule has 41 heavy (non-hydrogen) atoms. The minimum absolute atomic E-state index is 0.0531. The molecule has 0 saturated carbocycles. The molecule has 0 unspecified atom stereocenters. The molecule has 0 radical (unpaired) electrons. The first-order valence-electron chi connectivity index (χ1n) is 13.5. The van der Waals surface area contributed by atoms with Crippen molar-refractivity contribution < 1.29 is 9.18 Å². The van der Waals surface area contributed by atoms with Gasteiger partial charge in [0.1, 0.15) is 17.3 Å². The maximum Gasteiger partial charge on any atom is 0.258 e. The molecule has 1 atom stereocenters. The predicted octanol–water partition coefficient (Wildman–Crippen LogP) is 5.48. The number of halogens is 2. The normalized spacial score (nSPS) is 15.5. The largest absolute Gasteiger partial charge is 0.384 e. The van der Waals surface area contributed by atoms with Gasteiger partial charge in [0, 0.05) is 42.7 Å². The molecule has 1 aromatic carbocycles. The lowest BCUT2D eigenvalue weighted by atomic mass is 10.0. The Morgan fingerprint density at radius 1 is 1.20 bits per heavy atom. The number of rotatable bonds is 5. The summed E-state index contributed by atoms with van der Waals surface area (Å²) in [6.45, 7) is 12.8. The fourth-order valence-corrected chi connectivity index (χ4v) is 5.81. The average molecular weight is 575 g/mol. The third kappa shape index (κ3) is 5.06. The molecule has 0 bridgehead atoms. The molecule has 2 N–H and O–H groups in total. The maximum absolute atomic E-state index is 15.0. The van der Waals surface area contributed by atoms with E-state index in [1.807, 2.05) is 27.7 Å². The Labute approximate surface area is 242 Å². The molecule has 5 rings (SSSR count). The SMILES string of the molecule is C=CC(=O)N1CCN(c2cc(=O)n(-c3c(C)cc(N)nc3C(C)C)c3nc(-c4ccccc4F)c(Cl)cc23)[C@@H](C)C1. The number of amides is 1. The second-order valence-corrected chi connectivity index (χ2v) is 11.1. The van der Waals surface area contributed by atoms with Gasteiger partial charge in [0.15, 0.2) is 0 Å². The van der Waals surface area contributed by atoms with Gasteiger partial charge in [-0.1, -0.05) is 44.2 Å². The van der Waals surface area contributed by atoms with E-state index < -0.39 is 5.82 Å². The van der Waals surface area contributed by atoms with Crippen molar-refractivity contribution in [3.8, 4) is 16.9 Å². The van der Waals surface area contributed by atoms with Crippen LogP contribution < -0.4 is 16.2 Å². The van der Waals surface area contributed by atoms with Crippen molar-refractivity contribution in [2.45, 2.75) is 39.7 Å². The topological polar surface area (TPSA) is 97.4 Å². The van der Waals surface area contributed by atoms with Crippen LogP contribution in [0.25, 0.3) is 28.0 Å². The molecule has 10 heteroatoms. The summed E-state index contributed by atoms with van der Waals surface area (Å²) in [4.78, 5) is 39.6. The molecule has 1 saturated heterocycles. The summed E-state index contributed by atoms with van der Waals surface area (Å²) < 4.78 is 16.5. The number of aryl methyl sites for hydroxylation is 1. The molecule has 1 fully saturated rings. The first-order valence-corrected chi connectivity index (χ1v) is 13.9. The third-order valence-corrected chi connectivity index (χ3v) is 7.77. The first-order chi connectivity index (χ1) is 19.5. The van der Waals surface area contributed by atoms with Crippen molar-refractivity contribution in [1.29, 1.82) is 0 Å². The summed E-state index contributed by atoms with van der Waals surface area (Å²) in [6, 6.07) is 11.2. The van der Waals surface area contributed by atoms with E-state index >= 15 is 0 Å². The van der Waals surface area contributed by atoms with Crippen LogP contribution >= 0.6 is 11.6 Å². The molecular formula is C31H32ClFN6O2. The van der Waals surface area contributed by atoms with Crippen molar-refractivity contribution in [3.63, 3.8) is 0 Å². The van der Waals surface area contributed by atoms with E-state index in [0.29, 0.717) is 53.6 Å². The molecule has 4 heterocycles. The van der Waals surface area contributed by atoms with Crippen LogP contribution in [0.4, 0.5) is 15.9 Å². The van der Waals surface area contributed by atoms with Gasteiger partial charge in [-0.25, -0.2) is 14.4 Å². The summed E-state index contributed by atoms with van der Waals surface area (Å²) in [5.41, 5.74) is 9.17. The van der Waals surface area contributed by atoms with Gasteiger partial charge in [0.25, 0.3) is 5.56 Å². The zero-order chi connectivity index (χ0) is 29.6. The van der Waals surface area contributed by atoms with Crippen molar-refractivity contribution >= 4 is 40.0 Å². The minimum atomic E-state index is -0.476. The Morgan fingerprint density at radius 3 is 2.59 bits per heavy atom. The van der Waals surface area contributed by atoms with Crippen LogP contribution in [0.3, 0.4) is 0 Å². The van der Waals surface area contributed by atoms with Gasteiger partial charge in [-0.2, -0.15) is 0 Å². The van der Waals surface area contributed by atoms with Crippen LogP contribution in [0.1, 0.15) is 37.9 Å². The molecule has 1 aliphatic rings. The second-order valence-electron chi connectivity index (χ2n) is 10.7. The summed E-state index contributed by atoms with van der Waals surface area (Å²) in [5, 5.41) is 0.870. The van der Waals surface area contributed by atoms with Crippen molar-refractivity contribution in [3.05, 3.63) is 87.6 Å². The monoisotopic (exact) mass is 574 g/mol. The van der Waals surface area contributed by atoms with E-state index in [-0.39, 0.29) is 39.7 Å². The van der Waals surface area contributed by atoms with E-state index in [1.54, 1.807) is 41.3 Å². The summed E-state index contributed by atoms with van der Waals surface area (Å²) in [7, 11) is 0. The van der Waals surface area contributed by atoms with Crippen LogP contribution in [0.2, 0.25) is 5.02 Å². The standard InChI is InChI=1S/C31H32ClFN6O2/c1-6-26(40)37-11-12-38(19(5)16-37)24-15-27(41)39(30-18(4)13-25(34)35-28(30)17(2)3)31-21(24)14-22(32)29(36-31)20-9-7-8-10-23(20)33/h6-10,13-15,17,19H,1,11-12,16H2,2-5H3,(H2,34,35)/t19-/m0/s1. The van der Waals surface area contributed by atoms with Crippen molar-refractivity contribution in [2.24, 2.45) is 0 Å². The van der Waals surface area contributed by atoms with Gasteiger partial charge in [-0.05, 0) is 55.7 Å². The smallest absolute Gasteiger partial charge is 0.258 e. The highest BCUT2D eigenvalue weighted by atomic mass is 35.5. The Morgan fingerprint density at radius 2 is 1.93 bits per heavy atom. The molecule has 0 spiro atoms. The number of nitrogens with zero attached hydrogens (tertiary/aromatic N) is 5. The fourth-order valence-electron chi connectivity index (χ4n) is 5.55. The number of benzene rings is 1. The van der Waals surface area contributed by atoms with Crippen LogP contribution in [0.5, 0.6) is 0 Å². The van der Waals surface area contributed by atoms with Gasteiger partial charge >= 0.3 is 0 Å². The van der Waals surface area contributed by atoms with Crippen LogP contribution in [-0.2, 0) is 4.79 Å². The zero-order valence-corrected chi connectivity index (χ0v) is 24.2. The van der Waals surface area contributed by atoms with E-state index in [9.17, 15) is 14.0 Å². The Bertz CT molecular complexity index is 1750. The van der Waals surface area contributed by atoms with E-state index in [2.05, 4.69) is 16.5 Å². The van der Waals surface area contributed by atoms with Gasteiger partial charge in [-0.3, -0.25) is 14.2 Å². The third-order valence-electron chi connectivity index (χ3n) is 7.48. The lowest BCUT2D eigenvalue weighted by Gasteiger charge is -2.41. The lowest BCUT2D eigenvalue weighted by molar-refractivity contribution is -0.126. The Hall–Kier alpha value is -4.24. The summed E-state index contributed by atoms with van der Waals surface area (Å²) in [6.07, 6.45) is 1.31. The highest BCUT2D eigenvalue weighted by molar-refractivity contribution is 6.34. The number of hydrogen-bond acceptors (Lipinski definition) is 6. The highest BCUT2D eigenvalue weighted by Gasteiger charge is 2.29. The lowest BCUT2D eigenvalue weighted by Crippen LogP contribution is -2.53. The number of pyridine rings is 3. The number of piperazine rings is 1. The number of aromatic nitrogens is 3. The average Bonchev–Trinajstić information content (AvgIpc) is 2.93. The minimum Gasteiger partial charge on any atom is -0.384 e. The zero-order valence-electron chi connectivity index (χ0n) is 23.5. The first kappa shape index (κ1) is 28.3. The molecule has 4 aromatic rings.